The average Bonchev–Trinajstić information content (AvgIpc) is 3.09. The van der Waals surface area contributed by atoms with Gasteiger partial charge in [0.15, 0.2) is 0 Å². The quantitative estimate of drug-likeness (QED) is 0.929. The van der Waals surface area contributed by atoms with E-state index in [9.17, 15) is 13.6 Å². The van der Waals surface area contributed by atoms with E-state index in [1.165, 1.54) is 12.1 Å². The van der Waals surface area contributed by atoms with E-state index >= 15 is 0 Å². The van der Waals surface area contributed by atoms with Crippen LogP contribution in [0.1, 0.15) is 23.2 Å². The molecule has 2 fully saturated rings. The van der Waals surface area contributed by atoms with Crippen molar-refractivity contribution < 1.29 is 18.3 Å². The molecule has 0 radical (unpaired) electrons. The van der Waals surface area contributed by atoms with Crippen molar-refractivity contribution in [2.24, 2.45) is 5.41 Å². The van der Waals surface area contributed by atoms with Crippen LogP contribution < -0.4 is 10.1 Å². The maximum Gasteiger partial charge on any atom is 0.387 e. The van der Waals surface area contributed by atoms with E-state index < -0.39 is 6.61 Å². The summed E-state index contributed by atoms with van der Waals surface area (Å²) in [4.78, 5) is 14.3. The highest BCUT2D eigenvalue weighted by atomic mass is 19.3. The molecule has 0 aromatic heterocycles. The molecule has 1 atom stereocenters. The van der Waals surface area contributed by atoms with Gasteiger partial charge in [-0.2, -0.15) is 8.78 Å². The number of halogens is 2. The number of rotatable bonds is 3. The second-order valence-electron chi connectivity index (χ2n) is 5.78. The number of benzene rings is 1. The Labute approximate surface area is 122 Å². The van der Waals surface area contributed by atoms with E-state index in [1.54, 1.807) is 17.0 Å². The second kappa shape index (κ2) is 5.60. The Morgan fingerprint density at radius 3 is 2.86 bits per heavy atom. The number of alkyl halides is 2. The smallest absolute Gasteiger partial charge is 0.387 e. The Morgan fingerprint density at radius 1 is 1.33 bits per heavy atom. The van der Waals surface area contributed by atoms with Crippen molar-refractivity contribution in [1.82, 2.24) is 10.2 Å². The molecule has 4 nitrogen and oxygen atoms in total. The lowest BCUT2D eigenvalue weighted by Crippen LogP contribution is -2.33. The zero-order chi connectivity index (χ0) is 14.9. The molecule has 21 heavy (non-hydrogen) atoms. The van der Waals surface area contributed by atoms with Crippen LogP contribution in [0.2, 0.25) is 0 Å². The number of carbonyl (C=O) groups excluding carboxylic acids is 1. The summed E-state index contributed by atoms with van der Waals surface area (Å²) in [5.41, 5.74) is 0.370. The van der Waals surface area contributed by atoms with Gasteiger partial charge in [-0.25, -0.2) is 0 Å². The molecule has 2 saturated heterocycles. The standard InChI is InChI=1S/C15H18F2N2O2/c16-14(17)21-12-4-2-1-3-11(12)13(20)19-8-6-15(10-19)5-7-18-9-15/h1-4,14,18H,5-10H2. The average molecular weight is 296 g/mol. The molecule has 1 N–H and O–H groups in total. The molecule has 2 heterocycles. The number of ether oxygens (including phenoxy) is 1. The summed E-state index contributed by atoms with van der Waals surface area (Å²) >= 11 is 0. The first kappa shape index (κ1) is 14.3. The van der Waals surface area contributed by atoms with E-state index in [0.29, 0.717) is 13.1 Å². The van der Waals surface area contributed by atoms with Crippen molar-refractivity contribution >= 4 is 5.91 Å². The molecule has 1 amide bonds. The van der Waals surface area contributed by atoms with E-state index in [0.717, 1.165) is 25.9 Å². The molecule has 0 bridgehead atoms. The van der Waals surface area contributed by atoms with Crippen molar-refractivity contribution in [3.63, 3.8) is 0 Å². The predicted octanol–water partition coefficient (Wildman–Crippen LogP) is 2.11. The second-order valence-corrected chi connectivity index (χ2v) is 5.78. The third kappa shape index (κ3) is 2.85. The summed E-state index contributed by atoms with van der Waals surface area (Å²) < 4.78 is 29.3. The van der Waals surface area contributed by atoms with Crippen molar-refractivity contribution in [3.05, 3.63) is 29.8 Å². The highest BCUT2D eigenvalue weighted by Crippen LogP contribution is 2.37. The first-order valence-electron chi connectivity index (χ1n) is 7.14. The molecule has 1 spiro atoms. The van der Waals surface area contributed by atoms with Gasteiger partial charge in [-0.3, -0.25) is 4.79 Å². The molecular formula is C15H18F2N2O2. The monoisotopic (exact) mass is 296 g/mol. The zero-order valence-electron chi connectivity index (χ0n) is 11.6. The molecular weight excluding hydrogens is 278 g/mol. The third-order valence-corrected chi connectivity index (χ3v) is 4.39. The minimum atomic E-state index is -2.93. The van der Waals surface area contributed by atoms with E-state index in [2.05, 4.69) is 10.1 Å². The van der Waals surface area contributed by atoms with Gasteiger partial charge >= 0.3 is 6.61 Å². The van der Waals surface area contributed by atoms with Gasteiger partial charge < -0.3 is 15.0 Å². The van der Waals surface area contributed by atoms with E-state index in [-0.39, 0.29) is 22.6 Å². The summed E-state index contributed by atoms with van der Waals surface area (Å²) in [6.07, 6.45) is 2.02. The molecule has 114 valence electrons. The molecule has 0 aliphatic carbocycles. The molecule has 1 aromatic carbocycles. The lowest BCUT2D eigenvalue weighted by Gasteiger charge is -2.23. The van der Waals surface area contributed by atoms with Crippen LogP contribution in [-0.2, 0) is 0 Å². The summed E-state index contributed by atoms with van der Waals surface area (Å²) in [5.74, 6) is -0.280. The Hall–Kier alpha value is -1.69. The minimum Gasteiger partial charge on any atom is -0.434 e. The van der Waals surface area contributed by atoms with Crippen LogP contribution in [-0.4, -0.2) is 43.6 Å². The SMILES string of the molecule is O=C(c1ccccc1OC(F)F)N1CCC2(CCNC2)C1. The first-order chi connectivity index (χ1) is 10.1. The van der Waals surface area contributed by atoms with Crippen LogP contribution in [0.3, 0.4) is 0 Å². The number of nitrogens with zero attached hydrogens (tertiary/aromatic N) is 1. The Bertz CT molecular complexity index is 530. The van der Waals surface area contributed by atoms with E-state index in [4.69, 9.17) is 0 Å². The minimum absolute atomic E-state index is 0.0528. The maximum atomic E-state index is 12.6. The molecule has 2 aliphatic rings. The van der Waals surface area contributed by atoms with Crippen LogP contribution in [0.15, 0.2) is 24.3 Å². The van der Waals surface area contributed by atoms with E-state index in [1.807, 2.05) is 0 Å². The molecule has 0 saturated carbocycles. The topological polar surface area (TPSA) is 41.6 Å². The number of para-hydroxylation sites is 1. The fourth-order valence-electron chi connectivity index (χ4n) is 3.26. The number of carbonyl (C=O) groups is 1. The Kier molecular flexibility index (Phi) is 3.80. The van der Waals surface area contributed by atoms with Gasteiger partial charge in [0.1, 0.15) is 5.75 Å². The Balaban J connectivity index is 1.77. The van der Waals surface area contributed by atoms with Gasteiger partial charge in [-0.15, -0.1) is 0 Å². The fourth-order valence-corrected chi connectivity index (χ4v) is 3.26. The van der Waals surface area contributed by atoms with Gasteiger partial charge in [-0.05, 0) is 31.5 Å². The summed E-state index contributed by atoms with van der Waals surface area (Å²) in [7, 11) is 0. The van der Waals surface area contributed by atoms with Crippen molar-refractivity contribution in [1.29, 1.82) is 0 Å². The molecule has 1 unspecified atom stereocenters. The van der Waals surface area contributed by atoms with Gasteiger partial charge in [0.05, 0.1) is 5.56 Å². The van der Waals surface area contributed by atoms with Crippen molar-refractivity contribution in [2.45, 2.75) is 19.5 Å². The van der Waals surface area contributed by atoms with Gasteiger partial charge in [0.2, 0.25) is 0 Å². The highest BCUT2D eigenvalue weighted by Gasteiger charge is 2.42. The van der Waals surface area contributed by atoms with Crippen LogP contribution in [0.5, 0.6) is 5.75 Å². The number of hydrogen-bond donors (Lipinski definition) is 1. The first-order valence-corrected chi connectivity index (χ1v) is 7.14. The van der Waals surface area contributed by atoms with Crippen molar-refractivity contribution in [3.8, 4) is 5.75 Å². The number of nitrogens with one attached hydrogen (secondary N) is 1. The lowest BCUT2D eigenvalue weighted by molar-refractivity contribution is -0.0502. The number of hydrogen-bond acceptors (Lipinski definition) is 3. The van der Waals surface area contributed by atoms with Crippen LogP contribution in [0.4, 0.5) is 8.78 Å². The summed E-state index contributed by atoms with van der Waals surface area (Å²) in [6.45, 7) is 0.327. The zero-order valence-corrected chi connectivity index (χ0v) is 11.6. The van der Waals surface area contributed by atoms with Crippen LogP contribution in [0, 0.1) is 5.41 Å². The van der Waals surface area contributed by atoms with Gasteiger partial charge in [0.25, 0.3) is 5.91 Å². The van der Waals surface area contributed by atoms with Gasteiger partial charge in [-0.1, -0.05) is 12.1 Å². The summed E-state index contributed by atoms with van der Waals surface area (Å²) in [6, 6.07) is 6.19. The molecule has 2 aliphatic heterocycles. The number of amides is 1. The van der Waals surface area contributed by atoms with Crippen LogP contribution >= 0.6 is 0 Å². The van der Waals surface area contributed by atoms with Crippen molar-refractivity contribution in [2.75, 3.05) is 26.2 Å². The Morgan fingerprint density at radius 2 is 2.14 bits per heavy atom. The molecule has 6 heteroatoms. The maximum absolute atomic E-state index is 12.6. The lowest BCUT2D eigenvalue weighted by atomic mass is 9.86. The highest BCUT2D eigenvalue weighted by molar-refractivity contribution is 5.97. The fraction of sp³-hybridized carbons (Fsp3) is 0.533. The van der Waals surface area contributed by atoms with Gasteiger partial charge in [0, 0.05) is 25.0 Å². The van der Waals surface area contributed by atoms with Crippen LogP contribution in [0.25, 0.3) is 0 Å². The predicted molar refractivity (Wildman–Crippen MR) is 73.5 cm³/mol. The molecule has 1 aromatic rings. The number of likely N-dealkylation sites (tertiary alicyclic amines) is 1. The largest absolute Gasteiger partial charge is 0.434 e. The normalized spacial score (nSPS) is 25.0. The summed E-state index contributed by atoms with van der Waals surface area (Å²) in [5, 5.41) is 3.33. The molecule has 3 rings (SSSR count). The third-order valence-electron chi connectivity index (χ3n) is 4.39.